The topological polar surface area (TPSA) is 95.5 Å². The van der Waals surface area contributed by atoms with Gasteiger partial charge in [0.05, 0.1) is 22.9 Å². The first-order chi connectivity index (χ1) is 15.0. The number of hydrogen-bond donors (Lipinski definition) is 1. The van der Waals surface area contributed by atoms with E-state index in [1.54, 1.807) is 9.47 Å². The van der Waals surface area contributed by atoms with Crippen LogP contribution in [0.15, 0.2) is 41.2 Å². The lowest BCUT2D eigenvalue weighted by Crippen LogP contribution is -2.42. The first kappa shape index (κ1) is 19.8. The van der Waals surface area contributed by atoms with Crippen LogP contribution in [0.2, 0.25) is 0 Å². The third kappa shape index (κ3) is 3.40. The molecule has 0 saturated carbocycles. The molecule has 31 heavy (non-hydrogen) atoms. The van der Waals surface area contributed by atoms with Gasteiger partial charge in [-0.2, -0.15) is 0 Å². The number of benzene rings is 1. The third-order valence-electron chi connectivity index (χ3n) is 6.95. The maximum Gasteiger partial charge on any atom is 0.326 e. The number of likely N-dealkylation sites (tertiary alicyclic amines) is 2. The monoisotopic (exact) mass is 422 g/mol. The Hall–Kier alpha value is -3.16. The van der Waals surface area contributed by atoms with E-state index >= 15 is 0 Å². The fourth-order valence-electron chi connectivity index (χ4n) is 5.27. The van der Waals surface area contributed by atoms with Gasteiger partial charge in [-0.25, -0.2) is 4.79 Å². The van der Waals surface area contributed by atoms with Crippen molar-refractivity contribution < 1.29 is 14.4 Å². The van der Waals surface area contributed by atoms with Crippen LogP contribution >= 0.6 is 0 Å². The summed E-state index contributed by atoms with van der Waals surface area (Å²) in [6.07, 6.45) is 6.70. The van der Waals surface area contributed by atoms with E-state index in [1.807, 2.05) is 36.4 Å². The number of H-pyrrole nitrogens is 1. The number of rotatable bonds is 4. The number of allylic oxidation sites excluding steroid dienone is 2. The normalized spacial score (nSPS) is 24.3. The van der Waals surface area contributed by atoms with Gasteiger partial charge < -0.3 is 9.88 Å². The third-order valence-corrected chi connectivity index (χ3v) is 6.95. The number of aromatic amines is 1. The van der Waals surface area contributed by atoms with Crippen LogP contribution in [0.1, 0.15) is 38.1 Å². The standard InChI is InChI=1S/C23H26N4O4/c28-20(11-14-26-21(29)16-5-1-2-6-17(16)22(26)30)25-12-9-15(10-13-25)27-19-8-4-3-7-18(19)24-23(27)31/h1-4,7-8,15-17H,5-6,9-14H2,(H,24,31)/t16-,17-/m1/s1. The van der Waals surface area contributed by atoms with Crippen molar-refractivity contribution in [2.45, 2.75) is 38.1 Å². The number of nitrogens with one attached hydrogen (secondary N) is 1. The van der Waals surface area contributed by atoms with Crippen molar-refractivity contribution in [3.8, 4) is 0 Å². The maximum absolute atomic E-state index is 12.7. The lowest BCUT2D eigenvalue weighted by atomic mass is 9.85. The fraction of sp³-hybridized carbons (Fsp3) is 0.478. The number of carbonyl (C=O) groups is 3. The molecule has 1 aromatic heterocycles. The second-order valence-corrected chi connectivity index (χ2v) is 8.66. The van der Waals surface area contributed by atoms with Crippen molar-refractivity contribution >= 4 is 28.8 Å². The summed E-state index contributed by atoms with van der Waals surface area (Å²) in [6, 6.07) is 7.68. The van der Waals surface area contributed by atoms with E-state index in [2.05, 4.69) is 4.98 Å². The summed E-state index contributed by atoms with van der Waals surface area (Å²) in [6.45, 7) is 1.28. The van der Waals surface area contributed by atoms with Crippen molar-refractivity contribution in [3.05, 3.63) is 46.9 Å². The highest BCUT2D eigenvalue weighted by molar-refractivity contribution is 6.05. The number of carbonyl (C=O) groups excluding carboxylic acids is 3. The molecule has 1 aliphatic carbocycles. The van der Waals surface area contributed by atoms with Crippen LogP contribution in [0.3, 0.4) is 0 Å². The average molecular weight is 422 g/mol. The number of nitrogens with zero attached hydrogens (tertiary/aromatic N) is 3. The Kier molecular flexibility index (Phi) is 5.00. The van der Waals surface area contributed by atoms with E-state index in [9.17, 15) is 19.2 Å². The van der Waals surface area contributed by atoms with Crippen LogP contribution in [0.5, 0.6) is 0 Å². The Morgan fingerprint density at radius 1 is 0.968 bits per heavy atom. The molecule has 0 radical (unpaired) electrons. The zero-order chi connectivity index (χ0) is 21.5. The van der Waals surface area contributed by atoms with Crippen molar-refractivity contribution in [1.29, 1.82) is 0 Å². The molecule has 2 aliphatic heterocycles. The summed E-state index contributed by atoms with van der Waals surface area (Å²) in [4.78, 5) is 56.3. The second kappa shape index (κ2) is 7.83. The summed E-state index contributed by atoms with van der Waals surface area (Å²) in [5, 5.41) is 0. The fourth-order valence-corrected chi connectivity index (χ4v) is 5.27. The SMILES string of the molecule is O=C(CCN1C(=O)[C@@H]2CC=CC[C@H]2C1=O)N1CCC(n2c(=O)[nH]c3ccccc32)CC1. The summed E-state index contributed by atoms with van der Waals surface area (Å²) in [5.41, 5.74) is 1.59. The van der Waals surface area contributed by atoms with Crippen LogP contribution in [0, 0.1) is 11.8 Å². The molecule has 2 aromatic rings. The predicted molar refractivity (Wildman–Crippen MR) is 114 cm³/mol. The maximum atomic E-state index is 12.7. The summed E-state index contributed by atoms with van der Waals surface area (Å²) in [5.74, 6) is -0.817. The smallest absolute Gasteiger partial charge is 0.326 e. The molecule has 2 fully saturated rings. The molecule has 3 amide bonds. The highest BCUT2D eigenvalue weighted by atomic mass is 16.2. The highest BCUT2D eigenvalue weighted by Gasteiger charge is 2.47. The van der Waals surface area contributed by atoms with Gasteiger partial charge in [0.15, 0.2) is 0 Å². The Balaban J connectivity index is 1.18. The Morgan fingerprint density at radius 3 is 2.29 bits per heavy atom. The minimum Gasteiger partial charge on any atom is -0.342 e. The van der Waals surface area contributed by atoms with E-state index in [4.69, 9.17) is 0 Å². The summed E-state index contributed by atoms with van der Waals surface area (Å²) >= 11 is 0. The number of piperidine rings is 1. The number of aromatic nitrogens is 2. The van der Waals surface area contributed by atoms with E-state index in [0.29, 0.717) is 38.8 Å². The number of imide groups is 1. The van der Waals surface area contributed by atoms with Crippen molar-refractivity contribution in [2.75, 3.05) is 19.6 Å². The van der Waals surface area contributed by atoms with Gasteiger partial charge in [0.1, 0.15) is 0 Å². The van der Waals surface area contributed by atoms with Crippen LogP contribution in [0.4, 0.5) is 0 Å². The van der Waals surface area contributed by atoms with Gasteiger partial charge in [-0.05, 0) is 37.8 Å². The lowest BCUT2D eigenvalue weighted by Gasteiger charge is -2.33. The zero-order valence-electron chi connectivity index (χ0n) is 17.3. The molecular formula is C23H26N4O4. The molecular weight excluding hydrogens is 396 g/mol. The van der Waals surface area contributed by atoms with E-state index in [0.717, 1.165) is 11.0 Å². The molecule has 0 unspecified atom stereocenters. The number of fused-ring (bicyclic) bond motifs is 2. The van der Waals surface area contributed by atoms with Crippen molar-refractivity contribution in [2.24, 2.45) is 11.8 Å². The molecule has 8 heteroatoms. The number of hydrogen-bond acceptors (Lipinski definition) is 4. The molecule has 2 saturated heterocycles. The van der Waals surface area contributed by atoms with Crippen LogP contribution in [-0.4, -0.2) is 56.7 Å². The first-order valence-corrected chi connectivity index (χ1v) is 11.0. The number of amides is 3. The predicted octanol–water partition coefficient (Wildman–Crippen LogP) is 1.83. The molecule has 0 spiro atoms. The Labute approximate surface area is 179 Å². The van der Waals surface area contributed by atoms with E-state index in [1.165, 1.54) is 4.90 Å². The quantitative estimate of drug-likeness (QED) is 0.601. The van der Waals surface area contributed by atoms with E-state index in [-0.39, 0.29) is 54.3 Å². The largest absolute Gasteiger partial charge is 0.342 e. The van der Waals surface area contributed by atoms with Gasteiger partial charge >= 0.3 is 5.69 Å². The van der Waals surface area contributed by atoms with E-state index < -0.39 is 0 Å². The van der Waals surface area contributed by atoms with Gasteiger partial charge in [-0.15, -0.1) is 0 Å². The second-order valence-electron chi connectivity index (χ2n) is 8.66. The molecule has 1 N–H and O–H groups in total. The van der Waals surface area contributed by atoms with Crippen molar-refractivity contribution in [1.82, 2.24) is 19.4 Å². The minimum absolute atomic E-state index is 0.0432. The van der Waals surface area contributed by atoms with Crippen molar-refractivity contribution in [3.63, 3.8) is 0 Å². The van der Waals surface area contributed by atoms with Crippen LogP contribution in [-0.2, 0) is 14.4 Å². The minimum atomic E-state index is -0.252. The molecule has 5 rings (SSSR count). The van der Waals surface area contributed by atoms with Gasteiger partial charge in [0.2, 0.25) is 17.7 Å². The molecule has 0 bridgehead atoms. The molecule has 3 heterocycles. The molecule has 2 atom stereocenters. The van der Waals surface area contributed by atoms with Crippen LogP contribution in [0.25, 0.3) is 11.0 Å². The summed E-state index contributed by atoms with van der Waals surface area (Å²) < 4.78 is 1.80. The van der Waals surface area contributed by atoms with Gasteiger partial charge in [-0.3, -0.25) is 23.9 Å². The van der Waals surface area contributed by atoms with Gasteiger partial charge in [-0.1, -0.05) is 24.3 Å². The zero-order valence-corrected chi connectivity index (χ0v) is 17.3. The Bertz CT molecular complexity index is 1100. The van der Waals surface area contributed by atoms with Gasteiger partial charge in [0, 0.05) is 32.1 Å². The lowest BCUT2D eigenvalue weighted by molar-refractivity contribution is -0.141. The Morgan fingerprint density at radius 2 is 1.61 bits per heavy atom. The molecule has 8 nitrogen and oxygen atoms in total. The molecule has 1 aromatic carbocycles. The first-order valence-electron chi connectivity index (χ1n) is 11.0. The van der Waals surface area contributed by atoms with Gasteiger partial charge in [0.25, 0.3) is 0 Å². The van der Waals surface area contributed by atoms with Crippen LogP contribution < -0.4 is 5.69 Å². The average Bonchev–Trinajstić information content (AvgIpc) is 3.25. The number of imidazole rings is 1. The summed E-state index contributed by atoms with van der Waals surface area (Å²) in [7, 11) is 0. The molecule has 3 aliphatic rings. The highest BCUT2D eigenvalue weighted by Crippen LogP contribution is 2.35. The number of para-hydroxylation sites is 2. The molecule has 162 valence electrons.